The van der Waals surface area contributed by atoms with Crippen molar-refractivity contribution in [3.05, 3.63) is 65.9 Å². The molecule has 1 N–H and O–H groups in total. The maximum absolute atomic E-state index is 5.40. The average Bonchev–Trinajstić information content (AvgIpc) is 3.15. The van der Waals surface area contributed by atoms with E-state index in [0.717, 1.165) is 17.1 Å². The highest BCUT2D eigenvalue weighted by molar-refractivity contribution is 5.46. The molecule has 7 nitrogen and oxygen atoms in total. The Morgan fingerprint density at radius 2 is 1.88 bits per heavy atom. The van der Waals surface area contributed by atoms with Gasteiger partial charge in [0.15, 0.2) is 17.3 Å². The molecule has 0 unspecified atom stereocenters. The summed E-state index contributed by atoms with van der Waals surface area (Å²) in [5.74, 6) is 2.80. The van der Waals surface area contributed by atoms with Crippen molar-refractivity contribution in [3.63, 3.8) is 0 Å². The van der Waals surface area contributed by atoms with E-state index in [9.17, 15) is 0 Å². The maximum atomic E-state index is 5.40. The minimum Gasteiger partial charge on any atom is -0.454 e. The molecule has 1 aromatic heterocycles. The van der Waals surface area contributed by atoms with Crippen molar-refractivity contribution in [2.24, 2.45) is 0 Å². The molecule has 0 amide bonds. The lowest BCUT2D eigenvalue weighted by molar-refractivity contribution is 0.174. The van der Waals surface area contributed by atoms with Crippen LogP contribution in [0.1, 0.15) is 11.1 Å². The molecule has 1 aliphatic rings. The zero-order valence-corrected chi connectivity index (χ0v) is 14.4. The molecule has 0 saturated heterocycles. The Kier molecular flexibility index (Phi) is 4.51. The van der Waals surface area contributed by atoms with Crippen LogP contribution in [0.2, 0.25) is 0 Å². The molecule has 0 saturated carbocycles. The lowest BCUT2D eigenvalue weighted by Crippen LogP contribution is -2.20. The zero-order valence-electron chi connectivity index (χ0n) is 14.4. The number of anilines is 2. The van der Waals surface area contributed by atoms with Gasteiger partial charge in [0.05, 0.1) is 6.20 Å². The predicted molar refractivity (Wildman–Crippen MR) is 98.3 cm³/mol. The fourth-order valence-electron chi connectivity index (χ4n) is 2.71. The number of aromatic nitrogens is 3. The number of benzene rings is 2. The summed E-state index contributed by atoms with van der Waals surface area (Å²) in [6.45, 7) is 1.60. The van der Waals surface area contributed by atoms with Crippen LogP contribution in [0.4, 0.5) is 11.8 Å². The van der Waals surface area contributed by atoms with Gasteiger partial charge in [-0.2, -0.15) is 10.1 Å². The van der Waals surface area contributed by atoms with E-state index in [1.54, 1.807) is 6.20 Å². The second-order valence-corrected chi connectivity index (χ2v) is 6.02. The lowest BCUT2D eigenvalue weighted by Gasteiger charge is -2.17. The summed E-state index contributed by atoms with van der Waals surface area (Å²) in [6, 6.07) is 16.1. The zero-order chi connectivity index (χ0) is 17.8. The molecule has 0 radical (unpaired) electrons. The first kappa shape index (κ1) is 16.1. The van der Waals surface area contributed by atoms with E-state index in [-0.39, 0.29) is 6.79 Å². The van der Waals surface area contributed by atoms with Crippen LogP contribution in [0, 0.1) is 0 Å². The molecule has 1 aliphatic heterocycles. The van der Waals surface area contributed by atoms with E-state index >= 15 is 0 Å². The Hall–Kier alpha value is -3.35. The Morgan fingerprint density at radius 3 is 2.77 bits per heavy atom. The van der Waals surface area contributed by atoms with Crippen molar-refractivity contribution in [2.75, 3.05) is 24.1 Å². The van der Waals surface area contributed by atoms with Crippen molar-refractivity contribution in [1.29, 1.82) is 0 Å². The minimum absolute atomic E-state index is 0.277. The standard InChI is InChI=1S/C19H19N5O2/c1-24(12-14-5-3-2-4-6-14)19-22-18(11-21-23-19)20-10-15-7-8-16-17(9-15)26-13-25-16/h2-9,11H,10,12-13H2,1H3,(H,20,22,23). The summed E-state index contributed by atoms with van der Waals surface area (Å²) in [6.07, 6.45) is 1.62. The van der Waals surface area contributed by atoms with Crippen LogP contribution in [0.5, 0.6) is 11.5 Å². The highest BCUT2D eigenvalue weighted by atomic mass is 16.7. The van der Waals surface area contributed by atoms with Gasteiger partial charge in [0, 0.05) is 20.1 Å². The highest BCUT2D eigenvalue weighted by Gasteiger charge is 2.13. The number of hydrogen-bond donors (Lipinski definition) is 1. The van der Waals surface area contributed by atoms with E-state index in [1.165, 1.54) is 5.56 Å². The van der Waals surface area contributed by atoms with Crippen LogP contribution in [-0.2, 0) is 13.1 Å². The average molecular weight is 349 g/mol. The fraction of sp³-hybridized carbons (Fsp3) is 0.211. The quantitative estimate of drug-likeness (QED) is 0.733. The largest absolute Gasteiger partial charge is 0.454 e. The summed E-state index contributed by atoms with van der Waals surface area (Å²) in [5, 5.41) is 11.5. The molecule has 7 heteroatoms. The third-order valence-electron chi connectivity index (χ3n) is 4.06. The van der Waals surface area contributed by atoms with E-state index in [2.05, 4.69) is 32.6 Å². The van der Waals surface area contributed by atoms with Gasteiger partial charge in [0.1, 0.15) is 0 Å². The normalized spacial score (nSPS) is 12.0. The first-order valence-electron chi connectivity index (χ1n) is 8.35. The smallest absolute Gasteiger partial charge is 0.247 e. The number of hydrogen-bond acceptors (Lipinski definition) is 7. The van der Waals surface area contributed by atoms with Gasteiger partial charge >= 0.3 is 0 Å². The van der Waals surface area contributed by atoms with Gasteiger partial charge < -0.3 is 19.7 Å². The molecule has 0 bridgehead atoms. The molecular formula is C19H19N5O2. The molecule has 2 aromatic carbocycles. The summed E-state index contributed by atoms with van der Waals surface area (Å²) in [4.78, 5) is 6.51. The second kappa shape index (κ2) is 7.26. The molecule has 26 heavy (non-hydrogen) atoms. The third kappa shape index (κ3) is 3.66. The van der Waals surface area contributed by atoms with Crippen molar-refractivity contribution in [2.45, 2.75) is 13.1 Å². The van der Waals surface area contributed by atoms with Crippen LogP contribution >= 0.6 is 0 Å². The molecule has 0 fully saturated rings. The summed E-state index contributed by atoms with van der Waals surface area (Å²) in [5.41, 5.74) is 2.27. The number of nitrogens with one attached hydrogen (secondary N) is 1. The van der Waals surface area contributed by atoms with Gasteiger partial charge in [-0.3, -0.25) is 0 Å². The molecule has 0 atom stereocenters. The van der Waals surface area contributed by atoms with E-state index in [0.29, 0.717) is 24.9 Å². The number of ether oxygens (including phenoxy) is 2. The molecule has 4 rings (SSSR count). The topological polar surface area (TPSA) is 72.4 Å². The Balaban J connectivity index is 1.41. The molecule has 132 valence electrons. The molecule has 3 aromatic rings. The van der Waals surface area contributed by atoms with Crippen LogP contribution in [0.15, 0.2) is 54.7 Å². The third-order valence-corrected chi connectivity index (χ3v) is 4.06. The summed E-state index contributed by atoms with van der Waals surface area (Å²) < 4.78 is 10.7. The molecule has 0 aliphatic carbocycles. The van der Waals surface area contributed by atoms with E-state index in [4.69, 9.17) is 9.47 Å². The molecule has 2 heterocycles. The second-order valence-electron chi connectivity index (χ2n) is 6.02. The van der Waals surface area contributed by atoms with Crippen molar-refractivity contribution >= 4 is 11.8 Å². The van der Waals surface area contributed by atoms with Gasteiger partial charge in [-0.15, -0.1) is 5.10 Å². The van der Waals surface area contributed by atoms with Crippen molar-refractivity contribution in [1.82, 2.24) is 15.2 Å². The predicted octanol–water partition coefficient (Wildman–Crippen LogP) is 2.85. The minimum atomic E-state index is 0.277. The first-order valence-corrected chi connectivity index (χ1v) is 8.35. The Labute approximate surface area is 151 Å². The van der Waals surface area contributed by atoms with E-state index < -0.39 is 0 Å². The molecular weight excluding hydrogens is 330 g/mol. The number of fused-ring (bicyclic) bond motifs is 1. The number of rotatable bonds is 6. The monoisotopic (exact) mass is 349 g/mol. The van der Waals surface area contributed by atoms with Gasteiger partial charge in [-0.25, -0.2) is 0 Å². The van der Waals surface area contributed by atoms with Gasteiger partial charge in [0.25, 0.3) is 0 Å². The van der Waals surface area contributed by atoms with E-state index in [1.807, 2.05) is 48.3 Å². The maximum Gasteiger partial charge on any atom is 0.247 e. The van der Waals surface area contributed by atoms with Crippen molar-refractivity contribution < 1.29 is 9.47 Å². The highest BCUT2D eigenvalue weighted by Crippen LogP contribution is 2.32. The summed E-state index contributed by atoms with van der Waals surface area (Å²) >= 11 is 0. The van der Waals surface area contributed by atoms with Crippen LogP contribution in [-0.4, -0.2) is 29.0 Å². The Morgan fingerprint density at radius 1 is 1.04 bits per heavy atom. The van der Waals surface area contributed by atoms with Crippen LogP contribution < -0.4 is 19.7 Å². The summed E-state index contributed by atoms with van der Waals surface area (Å²) in [7, 11) is 1.95. The Bertz CT molecular complexity index is 888. The molecule has 0 spiro atoms. The van der Waals surface area contributed by atoms with Gasteiger partial charge in [0.2, 0.25) is 12.7 Å². The van der Waals surface area contributed by atoms with Crippen molar-refractivity contribution in [3.8, 4) is 11.5 Å². The SMILES string of the molecule is CN(Cc1ccccc1)c1nncc(NCc2ccc3c(c2)OCO3)n1. The fourth-order valence-corrected chi connectivity index (χ4v) is 2.71. The van der Waals surface area contributed by atoms with Gasteiger partial charge in [-0.05, 0) is 23.3 Å². The van der Waals surface area contributed by atoms with Crippen LogP contribution in [0.3, 0.4) is 0 Å². The number of nitrogens with zero attached hydrogens (tertiary/aromatic N) is 4. The first-order chi connectivity index (χ1) is 12.8. The lowest BCUT2D eigenvalue weighted by atomic mass is 10.2. The van der Waals surface area contributed by atoms with Crippen LogP contribution in [0.25, 0.3) is 0 Å². The van der Waals surface area contributed by atoms with Gasteiger partial charge in [-0.1, -0.05) is 36.4 Å².